The number of rotatable bonds is 24. The number of benzene rings is 1. The molecule has 1 aromatic carbocycles. The number of hydrogen-bond donors (Lipinski definition) is 1. The van der Waals surface area contributed by atoms with Gasteiger partial charge in [-0.1, -0.05) is 43.2 Å². The largest absolute Gasteiger partial charge is 0.394 e. The second-order valence-corrected chi connectivity index (χ2v) is 7.05. The molecule has 0 aliphatic heterocycles. The monoisotopic (exact) mass is 442 g/mol. The molecule has 0 fully saturated rings. The van der Waals surface area contributed by atoms with Gasteiger partial charge in [0.05, 0.1) is 79.3 Å². The molecule has 0 aliphatic rings. The molecule has 1 aromatic rings. The Morgan fingerprint density at radius 2 is 0.871 bits per heavy atom. The Labute approximate surface area is 187 Å². The van der Waals surface area contributed by atoms with Crippen molar-refractivity contribution in [2.45, 2.75) is 32.1 Å². The molecule has 0 saturated heterocycles. The number of unbranched alkanes of at least 4 members (excludes halogenated alkanes) is 3. The van der Waals surface area contributed by atoms with Gasteiger partial charge in [0.15, 0.2) is 0 Å². The Morgan fingerprint density at radius 3 is 1.35 bits per heavy atom. The zero-order chi connectivity index (χ0) is 22.1. The van der Waals surface area contributed by atoms with Crippen molar-refractivity contribution in [1.82, 2.24) is 0 Å². The van der Waals surface area contributed by atoms with Crippen LogP contribution < -0.4 is 0 Å². The number of hydrogen-bond acceptors (Lipinski definition) is 7. The number of aliphatic hydroxyl groups is 1. The molecule has 0 unspecified atom stereocenters. The summed E-state index contributed by atoms with van der Waals surface area (Å²) in [5.74, 6) is 0. The minimum absolute atomic E-state index is 0.0398. The molecule has 0 saturated carbocycles. The quantitative estimate of drug-likeness (QED) is 0.247. The Bertz CT molecular complexity index is 459. The summed E-state index contributed by atoms with van der Waals surface area (Å²) in [6.45, 7) is 6.71. The highest BCUT2D eigenvalue weighted by Gasteiger charge is 1.96. The summed E-state index contributed by atoms with van der Waals surface area (Å²) >= 11 is 0. The highest BCUT2D eigenvalue weighted by molar-refractivity contribution is 5.14. The summed E-state index contributed by atoms with van der Waals surface area (Å²) in [5.41, 5.74) is 1.43. The highest BCUT2D eigenvalue weighted by Crippen LogP contribution is 2.07. The molecule has 0 heterocycles. The van der Waals surface area contributed by atoms with Gasteiger partial charge in [-0.05, 0) is 24.8 Å². The maximum absolute atomic E-state index is 8.55. The van der Waals surface area contributed by atoms with Crippen LogP contribution in [0.15, 0.2) is 30.3 Å². The van der Waals surface area contributed by atoms with Crippen molar-refractivity contribution in [3.05, 3.63) is 35.9 Å². The van der Waals surface area contributed by atoms with E-state index in [1.807, 2.05) is 0 Å². The molecule has 31 heavy (non-hydrogen) atoms. The Hall–Kier alpha value is -1.06. The van der Waals surface area contributed by atoms with Gasteiger partial charge < -0.3 is 33.5 Å². The van der Waals surface area contributed by atoms with Crippen molar-refractivity contribution in [1.29, 1.82) is 0 Å². The number of aryl methyl sites for hydroxylation is 1. The predicted octanol–water partition coefficient (Wildman–Crippen LogP) is 2.88. The number of aliphatic hydroxyl groups excluding tert-OH is 1. The molecule has 0 aliphatic carbocycles. The fraction of sp³-hybridized carbons (Fsp3) is 0.750. The average molecular weight is 443 g/mol. The smallest absolute Gasteiger partial charge is 0.0701 e. The van der Waals surface area contributed by atoms with Crippen LogP contribution in [0.5, 0.6) is 0 Å². The van der Waals surface area contributed by atoms with Gasteiger partial charge in [0, 0.05) is 6.61 Å². The standard InChI is InChI=1S/C24H42O7/c25-11-13-27-15-17-29-19-21-31-23-22-30-20-18-28-16-14-26-12-7-2-1-4-8-24-9-5-3-6-10-24/h3,5-6,9-10,25H,1-2,4,7-8,11-23H2. The zero-order valence-corrected chi connectivity index (χ0v) is 19.0. The topological polar surface area (TPSA) is 75.6 Å². The van der Waals surface area contributed by atoms with Gasteiger partial charge in [0.1, 0.15) is 0 Å². The van der Waals surface area contributed by atoms with E-state index in [-0.39, 0.29) is 6.61 Å². The molecule has 0 bridgehead atoms. The van der Waals surface area contributed by atoms with Gasteiger partial charge in [-0.15, -0.1) is 0 Å². The van der Waals surface area contributed by atoms with Crippen molar-refractivity contribution < 1.29 is 33.5 Å². The molecule has 0 spiro atoms. The van der Waals surface area contributed by atoms with E-state index in [0.29, 0.717) is 72.7 Å². The second-order valence-electron chi connectivity index (χ2n) is 7.05. The maximum Gasteiger partial charge on any atom is 0.0701 e. The summed E-state index contributed by atoms with van der Waals surface area (Å²) in [5, 5.41) is 8.55. The van der Waals surface area contributed by atoms with Gasteiger partial charge >= 0.3 is 0 Å². The lowest BCUT2D eigenvalue weighted by atomic mass is 10.1. The van der Waals surface area contributed by atoms with E-state index in [9.17, 15) is 0 Å². The maximum atomic E-state index is 8.55. The van der Waals surface area contributed by atoms with Gasteiger partial charge in [0.25, 0.3) is 0 Å². The second kappa shape index (κ2) is 23.6. The average Bonchev–Trinajstić information content (AvgIpc) is 2.80. The van der Waals surface area contributed by atoms with E-state index in [0.717, 1.165) is 13.0 Å². The predicted molar refractivity (Wildman–Crippen MR) is 121 cm³/mol. The van der Waals surface area contributed by atoms with Crippen molar-refractivity contribution >= 4 is 0 Å². The Kier molecular flexibility index (Phi) is 21.3. The molecule has 0 radical (unpaired) electrons. The molecule has 180 valence electrons. The summed E-state index contributed by atoms with van der Waals surface area (Å²) in [4.78, 5) is 0. The Morgan fingerprint density at radius 1 is 0.452 bits per heavy atom. The molecule has 0 aromatic heterocycles. The van der Waals surface area contributed by atoms with Crippen LogP contribution in [0, 0.1) is 0 Å². The SMILES string of the molecule is OCCOCCOCCOCCOCCOCCOCCCCCCc1ccccc1. The fourth-order valence-corrected chi connectivity index (χ4v) is 2.80. The van der Waals surface area contributed by atoms with Crippen LogP contribution in [-0.2, 0) is 34.8 Å². The van der Waals surface area contributed by atoms with E-state index in [1.54, 1.807) is 0 Å². The zero-order valence-electron chi connectivity index (χ0n) is 19.0. The van der Waals surface area contributed by atoms with Crippen LogP contribution in [0.4, 0.5) is 0 Å². The summed E-state index contributed by atoms with van der Waals surface area (Å²) in [7, 11) is 0. The van der Waals surface area contributed by atoms with Crippen molar-refractivity contribution in [3.63, 3.8) is 0 Å². The summed E-state index contributed by atoms with van der Waals surface area (Å²) < 4.78 is 32.3. The van der Waals surface area contributed by atoms with E-state index in [4.69, 9.17) is 33.5 Å². The van der Waals surface area contributed by atoms with Crippen molar-refractivity contribution in [3.8, 4) is 0 Å². The van der Waals surface area contributed by atoms with Crippen LogP contribution >= 0.6 is 0 Å². The first-order valence-corrected chi connectivity index (χ1v) is 11.5. The van der Waals surface area contributed by atoms with E-state index in [1.165, 1.54) is 31.2 Å². The summed E-state index contributed by atoms with van der Waals surface area (Å²) in [6.07, 6.45) is 5.99. The van der Waals surface area contributed by atoms with Crippen LogP contribution in [0.25, 0.3) is 0 Å². The van der Waals surface area contributed by atoms with Crippen LogP contribution in [0.1, 0.15) is 31.2 Å². The van der Waals surface area contributed by atoms with Crippen LogP contribution in [0.2, 0.25) is 0 Å². The molecule has 1 N–H and O–H groups in total. The van der Waals surface area contributed by atoms with Gasteiger partial charge in [0.2, 0.25) is 0 Å². The van der Waals surface area contributed by atoms with Crippen LogP contribution in [0.3, 0.4) is 0 Å². The van der Waals surface area contributed by atoms with Gasteiger partial charge in [-0.3, -0.25) is 0 Å². The first-order chi connectivity index (χ1) is 15.4. The normalized spacial score (nSPS) is 11.3. The number of ether oxygens (including phenoxy) is 6. The Balaban J connectivity index is 1.65. The van der Waals surface area contributed by atoms with E-state index in [2.05, 4.69) is 30.3 Å². The molecule has 1 rings (SSSR count). The minimum Gasteiger partial charge on any atom is -0.394 e. The van der Waals surface area contributed by atoms with Crippen molar-refractivity contribution in [2.75, 3.05) is 85.9 Å². The molecule has 7 nitrogen and oxygen atoms in total. The van der Waals surface area contributed by atoms with Gasteiger partial charge in [-0.2, -0.15) is 0 Å². The first-order valence-electron chi connectivity index (χ1n) is 11.5. The third kappa shape index (κ3) is 20.6. The lowest BCUT2D eigenvalue weighted by Gasteiger charge is -2.08. The van der Waals surface area contributed by atoms with Crippen LogP contribution in [-0.4, -0.2) is 91.0 Å². The lowest BCUT2D eigenvalue weighted by molar-refractivity contribution is -0.0182. The third-order valence-electron chi connectivity index (χ3n) is 4.44. The van der Waals surface area contributed by atoms with E-state index >= 15 is 0 Å². The minimum atomic E-state index is 0.0398. The van der Waals surface area contributed by atoms with E-state index < -0.39 is 0 Å². The third-order valence-corrected chi connectivity index (χ3v) is 4.44. The van der Waals surface area contributed by atoms with Gasteiger partial charge in [-0.25, -0.2) is 0 Å². The first kappa shape index (κ1) is 28.0. The molecular formula is C24H42O7. The molecule has 0 atom stereocenters. The molecular weight excluding hydrogens is 400 g/mol. The molecule has 0 amide bonds. The lowest BCUT2D eigenvalue weighted by Crippen LogP contribution is -2.14. The summed E-state index contributed by atoms with van der Waals surface area (Å²) in [6, 6.07) is 10.7. The molecule has 7 heteroatoms. The van der Waals surface area contributed by atoms with Crippen molar-refractivity contribution in [2.24, 2.45) is 0 Å². The fourth-order valence-electron chi connectivity index (χ4n) is 2.80. The highest BCUT2D eigenvalue weighted by atomic mass is 16.6.